The fourth-order valence-electron chi connectivity index (χ4n) is 1.90. The van der Waals surface area contributed by atoms with Crippen molar-refractivity contribution in [1.82, 2.24) is 14.8 Å². The van der Waals surface area contributed by atoms with Crippen LogP contribution in [0.4, 0.5) is 4.39 Å². The maximum absolute atomic E-state index is 13.3. The van der Waals surface area contributed by atoms with Crippen LogP contribution in [-0.4, -0.2) is 14.8 Å². The van der Waals surface area contributed by atoms with Crippen LogP contribution in [0.15, 0.2) is 18.2 Å². The number of aromatic nitrogens is 3. The zero-order valence-corrected chi connectivity index (χ0v) is 11.7. The quantitative estimate of drug-likeness (QED) is 0.795. The van der Waals surface area contributed by atoms with E-state index in [-0.39, 0.29) is 11.4 Å². The Morgan fingerprint density at radius 1 is 1.33 bits per heavy atom. The molecule has 1 aromatic carbocycles. The molecule has 96 valence electrons. The maximum Gasteiger partial charge on any atom is 0.195 e. The zero-order chi connectivity index (χ0) is 13.5. The number of nitrogens with zero attached hydrogens (tertiary/aromatic N) is 2. The van der Waals surface area contributed by atoms with Crippen LogP contribution < -0.4 is 0 Å². The predicted octanol–water partition coefficient (Wildman–Crippen LogP) is 3.81. The van der Waals surface area contributed by atoms with Gasteiger partial charge in [0, 0.05) is 11.1 Å². The molecule has 5 heteroatoms. The molecule has 0 unspecified atom stereocenters. The maximum atomic E-state index is 13.3. The minimum Gasteiger partial charge on any atom is -0.295 e. The lowest BCUT2D eigenvalue weighted by Crippen LogP contribution is -2.23. The van der Waals surface area contributed by atoms with Crippen LogP contribution in [0.3, 0.4) is 0 Å². The predicted molar refractivity (Wildman–Crippen MR) is 72.5 cm³/mol. The largest absolute Gasteiger partial charge is 0.295 e. The Kier molecular flexibility index (Phi) is 3.11. The molecule has 0 radical (unpaired) electrons. The molecule has 0 amide bonds. The van der Waals surface area contributed by atoms with E-state index in [1.165, 1.54) is 6.07 Å². The summed E-state index contributed by atoms with van der Waals surface area (Å²) in [5.74, 6) is 0.519. The number of benzene rings is 1. The molecule has 0 spiro atoms. The first-order valence-electron chi connectivity index (χ1n) is 5.75. The van der Waals surface area contributed by atoms with E-state index in [0.717, 1.165) is 11.4 Å². The third-order valence-corrected chi connectivity index (χ3v) is 3.03. The van der Waals surface area contributed by atoms with Crippen molar-refractivity contribution in [3.8, 4) is 11.4 Å². The third kappa shape index (κ3) is 2.22. The molecule has 1 aromatic heterocycles. The van der Waals surface area contributed by atoms with E-state index < -0.39 is 0 Å². The smallest absolute Gasteiger partial charge is 0.195 e. The van der Waals surface area contributed by atoms with Crippen molar-refractivity contribution in [1.29, 1.82) is 0 Å². The van der Waals surface area contributed by atoms with Crippen molar-refractivity contribution in [3.63, 3.8) is 0 Å². The summed E-state index contributed by atoms with van der Waals surface area (Å²) < 4.78 is 15.8. The van der Waals surface area contributed by atoms with Crippen molar-refractivity contribution in [2.75, 3.05) is 0 Å². The highest BCUT2D eigenvalue weighted by atomic mass is 32.1. The molecule has 3 nitrogen and oxygen atoms in total. The van der Waals surface area contributed by atoms with E-state index in [4.69, 9.17) is 12.2 Å². The van der Waals surface area contributed by atoms with Crippen molar-refractivity contribution < 1.29 is 4.39 Å². The van der Waals surface area contributed by atoms with Gasteiger partial charge in [-0.2, -0.15) is 5.10 Å². The average molecular weight is 265 g/mol. The van der Waals surface area contributed by atoms with Gasteiger partial charge in [-0.05, 0) is 63.7 Å². The number of hydrogen-bond acceptors (Lipinski definition) is 2. The van der Waals surface area contributed by atoms with E-state index >= 15 is 0 Å². The van der Waals surface area contributed by atoms with E-state index in [9.17, 15) is 4.39 Å². The minimum absolute atomic E-state index is 0.179. The molecule has 0 aliphatic carbocycles. The Bertz CT molecular complexity index is 634. The summed E-state index contributed by atoms with van der Waals surface area (Å²) in [4.78, 5) is 0. The van der Waals surface area contributed by atoms with Crippen molar-refractivity contribution in [2.24, 2.45) is 0 Å². The van der Waals surface area contributed by atoms with Crippen LogP contribution in [0, 0.1) is 17.5 Å². The Morgan fingerprint density at radius 2 is 2.00 bits per heavy atom. The number of nitrogens with one attached hydrogen (secondary N) is 1. The van der Waals surface area contributed by atoms with E-state index in [1.807, 2.05) is 4.57 Å². The van der Waals surface area contributed by atoms with Crippen molar-refractivity contribution in [2.45, 2.75) is 33.2 Å². The number of aromatic amines is 1. The summed E-state index contributed by atoms with van der Waals surface area (Å²) in [5, 5.41) is 7.04. The first-order chi connectivity index (χ1) is 8.30. The molecule has 18 heavy (non-hydrogen) atoms. The van der Waals surface area contributed by atoms with Crippen molar-refractivity contribution in [3.05, 3.63) is 34.4 Å². The second-order valence-corrected chi connectivity index (χ2v) is 5.71. The Balaban J connectivity index is 2.65. The van der Waals surface area contributed by atoms with Gasteiger partial charge < -0.3 is 0 Å². The molecule has 1 heterocycles. The number of hydrogen-bond donors (Lipinski definition) is 1. The second-order valence-electron chi connectivity index (χ2n) is 5.32. The molecular formula is C13H16FN3S. The van der Waals surface area contributed by atoms with Crippen LogP contribution in [0.5, 0.6) is 0 Å². The van der Waals surface area contributed by atoms with Gasteiger partial charge in [0.2, 0.25) is 0 Å². The Labute approximate surface area is 111 Å². The van der Waals surface area contributed by atoms with E-state index in [2.05, 4.69) is 31.0 Å². The first kappa shape index (κ1) is 13.0. The Morgan fingerprint density at radius 3 is 2.56 bits per heavy atom. The molecule has 2 aromatic rings. The van der Waals surface area contributed by atoms with Crippen LogP contribution in [-0.2, 0) is 5.54 Å². The lowest BCUT2D eigenvalue weighted by atomic mass is 10.1. The molecule has 0 aliphatic rings. The van der Waals surface area contributed by atoms with Gasteiger partial charge in [0.25, 0.3) is 0 Å². The SMILES string of the molecule is Cc1cc(-c2n[nH]c(=S)n2C(C)(C)C)ccc1F. The van der Waals surface area contributed by atoms with Gasteiger partial charge in [0.05, 0.1) is 0 Å². The van der Waals surface area contributed by atoms with Gasteiger partial charge in [-0.25, -0.2) is 4.39 Å². The summed E-state index contributed by atoms with van der Waals surface area (Å²) >= 11 is 5.25. The van der Waals surface area contributed by atoms with Gasteiger partial charge in [-0.15, -0.1) is 0 Å². The summed E-state index contributed by atoms with van der Waals surface area (Å²) in [6.45, 7) is 7.90. The fraction of sp³-hybridized carbons (Fsp3) is 0.385. The van der Waals surface area contributed by atoms with Gasteiger partial charge in [0.1, 0.15) is 5.82 Å². The zero-order valence-electron chi connectivity index (χ0n) is 10.9. The number of rotatable bonds is 1. The monoisotopic (exact) mass is 265 g/mol. The highest BCUT2D eigenvalue weighted by Gasteiger charge is 2.20. The van der Waals surface area contributed by atoms with Crippen LogP contribution >= 0.6 is 12.2 Å². The fourth-order valence-corrected chi connectivity index (χ4v) is 2.30. The third-order valence-electron chi connectivity index (χ3n) is 2.76. The number of halogens is 1. The lowest BCUT2D eigenvalue weighted by molar-refractivity contribution is 0.395. The first-order valence-corrected chi connectivity index (χ1v) is 6.16. The Hall–Kier alpha value is -1.49. The molecule has 0 saturated heterocycles. The average Bonchev–Trinajstić information content (AvgIpc) is 2.64. The van der Waals surface area contributed by atoms with E-state index in [0.29, 0.717) is 10.3 Å². The molecule has 2 rings (SSSR count). The molecule has 0 atom stereocenters. The topological polar surface area (TPSA) is 33.6 Å². The normalized spacial score (nSPS) is 11.8. The van der Waals surface area contributed by atoms with Gasteiger partial charge in [-0.3, -0.25) is 9.67 Å². The summed E-state index contributed by atoms with van der Waals surface area (Å²) in [6.07, 6.45) is 0. The standard InChI is InChI=1S/C13H16FN3S/c1-8-7-9(5-6-10(8)14)11-15-16-12(18)17(11)13(2,3)4/h5-7H,1-4H3,(H,16,18). The lowest BCUT2D eigenvalue weighted by Gasteiger charge is -2.22. The molecule has 1 N–H and O–H groups in total. The summed E-state index contributed by atoms with van der Waals surface area (Å²) in [5.41, 5.74) is 1.28. The van der Waals surface area contributed by atoms with Gasteiger partial charge >= 0.3 is 0 Å². The van der Waals surface area contributed by atoms with Crippen molar-refractivity contribution >= 4 is 12.2 Å². The van der Waals surface area contributed by atoms with E-state index in [1.54, 1.807) is 19.1 Å². The molecular weight excluding hydrogens is 249 g/mol. The van der Waals surface area contributed by atoms with Crippen LogP contribution in [0.2, 0.25) is 0 Å². The summed E-state index contributed by atoms with van der Waals surface area (Å²) in [7, 11) is 0. The molecule has 0 saturated carbocycles. The highest BCUT2D eigenvalue weighted by Crippen LogP contribution is 2.25. The van der Waals surface area contributed by atoms with Crippen LogP contribution in [0.25, 0.3) is 11.4 Å². The molecule has 0 fully saturated rings. The number of H-pyrrole nitrogens is 1. The van der Waals surface area contributed by atoms with Crippen LogP contribution in [0.1, 0.15) is 26.3 Å². The number of aryl methyl sites for hydroxylation is 1. The van der Waals surface area contributed by atoms with Gasteiger partial charge in [-0.1, -0.05) is 0 Å². The molecule has 0 bridgehead atoms. The summed E-state index contributed by atoms with van der Waals surface area (Å²) in [6, 6.07) is 4.95. The molecule has 0 aliphatic heterocycles. The van der Waals surface area contributed by atoms with Gasteiger partial charge in [0.15, 0.2) is 10.6 Å². The second kappa shape index (κ2) is 4.31. The highest BCUT2D eigenvalue weighted by molar-refractivity contribution is 7.71. The minimum atomic E-state index is -0.213.